The number of hydrogen-bond acceptors (Lipinski definition) is 6. The third-order valence-electron chi connectivity index (χ3n) is 4.20. The molecule has 0 saturated heterocycles. The van der Waals surface area contributed by atoms with Crippen molar-refractivity contribution in [1.82, 2.24) is 9.97 Å². The normalized spacial score (nSPS) is 10.3. The van der Waals surface area contributed by atoms with Crippen LogP contribution in [0, 0.1) is 25.2 Å². The molecule has 27 heavy (non-hydrogen) atoms. The number of benzene rings is 1. The molecule has 0 aliphatic rings. The van der Waals surface area contributed by atoms with Crippen LogP contribution in [0.1, 0.15) is 16.7 Å². The number of aromatic nitrogens is 2. The van der Waals surface area contributed by atoms with E-state index in [0.717, 1.165) is 11.3 Å². The summed E-state index contributed by atoms with van der Waals surface area (Å²) in [5.41, 5.74) is 4.82. The first kappa shape index (κ1) is 18.5. The van der Waals surface area contributed by atoms with Crippen molar-refractivity contribution in [3.05, 3.63) is 58.6 Å². The molecule has 6 nitrogen and oxygen atoms in total. The molecule has 0 fully saturated rings. The highest BCUT2D eigenvalue weighted by Crippen LogP contribution is 2.26. The van der Waals surface area contributed by atoms with Crippen LogP contribution in [0.4, 0.5) is 10.9 Å². The van der Waals surface area contributed by atoms with E-state index >= 15 is 0 Å². The monoisotopic (exact) mass is 377 g/mol. The van der Waals surface area contributed by atoms with Crippen LogP contribution in [-0.4, -0.2) is 29.5 Å². The average molecular weight is 377 g/mol. The Morgan fingerprint density at radius 1 is 1.26 bits per heavy atom. The molecule has 0 spiro atoms. The van der Waals surface area contributed by atoms with Crippen molar-refractivity contribution >= 4 is 28.2 Å². The lowest BCUT2D eigenvalue weighted by Gasteiger charge is -2.16. The summed E-state index contributed by atoms with van der Waals surface area (Å²) in [6.07, 6.45) is 1.49. The summed E-state index contributed by atoms with van der Waals surface area (Å²) in [5.74, 6) is 0.448. The maximum atomic E-state index is 12.3. The highest BCUT2D eigenvalue weighted by atomic mass is 32.1. The fourth-order valence-corrected chi connectivity index (χ4v) is 3.23. The van der Waals surface area contributed by atoms with Gasteiger partial charge in [-0.15, -0.1) is 11.3 Å². The minimum atomic E-state index is -0.176. The number of nitrogens with zero attached hydrogens (tertiary/aromatic N) is 4. The van der Waals surface area contributed by atoms with Crippen LogP contribution in [-0.2, 0) is 4.79 Å². The van der Waals surface area contributed by atoms with E-state index in [1.54, 1.807) is 24.1 Å². The maximum absolute atomic E-state index is 12.3. The van der Waals surface area contributed by atoms with Gasteiger partial charge in [0.25, 0.3) is 0 Å². The Hall–Kier alpha value is -3.24. The van der Waals surface area contributed by atoms with E-state index in [-0.39, 0.29) is 12.5 Å². The Bertz CT molecular complexity index is 1000. The Kier molecular flexibility index (Phi) is 5.48. The van der Waals surface area contributed by atoms with Crippen molar-refractivity contribution in [2.45, 2.75) is 13.8 Å². The first-order valence-corrected chi connectivity index (χ1v) is 9.24. The second kappa shape index (κ2) is 7.98. The number of hydrogen-bond donors (Lipinski definition) is 1. The van der Waals surface area contributed by atoms with E-state index in [1.807, 2.05) is 17.5 Å². The molecule has 0 unspecified atom stereocenters. The first-order valence-electron chi connectivity index (χ1n) is 8.36. The fourth-order valence-electron chi connectivity index (χ4n) is 2.50. The van der Waals surface area contributed by atoms with Gasteiger partial charge in [-0.2, -0.15) is 5.26 Å². The van der Waals surface area contributed by atoms with Crippen molar-refractivity contribution < 1.29 is 4.79 Å². The molecule has 0 saturated carbocycles. The largest absolute Gasteiger partial charge is 0.350 e. The number of rotatable bonds is 5. The van der Waals surface area contributed by atoms with Crippen LogP contribution in [0.25, 0.3) is 11.3 Å². The lowest BCUT2D eigenvalue weighted by Crippen LogP contribution is -2.30. The van der Waals surface area contributed by atoms with Crippen LogP contribution in [0.3, 0.4) is 0 Å². The van der Waals surface area contributed by atoms with E-state index in [9.17, 15) is 4.79 Å². The molecule has 136 valence electrons. The summed E-state index contributed by atoms with van der Waals surface area (Å²) in [6, 6.07) is 11.6. The topological polar surface area (TPSA) is 81.9 Å². The zero-order chi connectivity index (χ0) is 19.4. The number of nitriles is 1. The predicted molar refractivity (Wildman–Crippen MR) is 108 cm³/mol. The zero-order valence-electron chi connectivity index (χ0n) is 15.4. The SMILES string of the molecule is Cc1ccc(-c2csc(NC(=O)CN(C)c3ccc(C#N)cn3)n2)cc1C. The average Bonchev–Trinajstić information content (AvgIpc) is 3.12. The van der Waals surface area contributed by atoms with Gasteiger partial charge in [0.05, 0.1) is 17.8 Å². The molecular formula is C20H19N5OS. The molecular weight excluding hydrogens is 358 g/mol. The number of thiazole rings is 1. The van der Waals surface area contributed by atoms with E-state index in [4.69, 9.17) is 5.26 Å². The summed E-state index contributed by atoms with van der Waals surface area (Å²) in [4.78, 5) is 22.7. The predicted octanol–water partition coefficient (Wildman–Crippen LogP) is 3.77. The van der Waals surface area contributed by atoms with Crippen molar-refractivity contribution in [3.8, 4) is 17.3 Å². The number of pyridine rings is 1. The Morgan fingerprint density at radius 2 is 2.07 bits per heavy atom. The Labute approximate surface area is 162 Å². The summed E-state index contributed by atoms with van der Waals surface area (Å²) < 4.78 is 0. The van der Waals surface area contributed by atoms with Gasteiger partial charge in [-0.25, -0.2) is 9.97 Å². The van der Waals surface area contributed by atoms with Gasteiger partial charge in [-0.3, -0.25) is 4.79 Å². The second-order valence-electron chi connectivity index (χ2n) is 6.26. The number of amides is 1. The summed E-state index contributed by atoms with van der Waals surface area (Å²) in [7, 11) is 1.77. The first-order chi connectivity index (χ1) is 13.0. The van der Waals surface area contributed by atoms with E-state index in [1.165, 1.54) is 28.7 Å². The molecule has 0 atom stereocenters. The summed E-state index contributed by atoms with van der Waals surface area (Å²) in [6.45, 7) is 4.28. The Balaban J connectivity index is 1.63. The van der Waals surface area contributed by atoms with Crippen LogP contribution in [0.5, 0.6) is 0 Å². The van der Waals surface area contributed by atoms with E-state index < -0.39 is 0 Å². The lowest BCUT2D eigenvalue weighted by atomic mass is 10.1. The molecule has 2 aromatic heterocycles. The summed E-state index contributed by atoms with van der Waals surface area (Å²) >= 11 is 1.40. The van der Waals surface area contributed by atoms with Crippen molar-refractivity contribution in [3.63, 3.8) is 0 Å². The molecule has 0 aliphatic carbocycles. The van der Waals surface area contributed by atoms with E-state index in [0.29, 0.717) is 16.5 Å². The molecule has 0 radical (unpaired) electrons. The van der Waals surface area contributed by atoms with Gasteiger partial charge in [0.2, 0.25) is 5.91 Å². The van der Waals surface area contributed by atoms with Gasteiger partial charge in [0.1, 0.15) is 11.9 Å². The molecule has 3 aromatic rings. The lowest BCUT2D eigenvalue weighted by molar-refractivity contribution is -0.114. The van der Waals surface area contributed by atoms with Crippen LogP contribution in [0.2, 0.25) is 0 Å². The van der Waals surface area contributed by atoms with E-state index in [2.05, 4.69) is 41.3 Å². The second-order valence-corrected chi connectivity index (χ2v) is 7.12. The van der Waals surface area contributed by atoms with Gasteiger partial charge < -0.3 is 10.2 Å². The summed E-state index contributed by atoms with van der Waals surface area (Å²) in [5, 5.41) is 14.1. The number of anilines is 2. The molecule has 1 aromatic carbocycles. The van der Waals surface area contributed by atoms with Crippen molar-refractivity contribution in [1.29, 1.82) is 5.26 Å². The van der Waals surface area contributed by atoms with Gasteiger partial charge in [0, 0.05) is 24.2 Å². The van der Waals surface area contributed by atoms with Gasteiger partial charge in [-0.05, 0) is 43.2 Å². The highest BCUT2D eigenvalue weighted by molar-refractivity contribution is 7.14. The maximum Gasteiger partial charge on any atom is 0.245 e. The van der Waals surface area contributed by atoms with Gasteiger partial charge >= 0.3 is 0 Å². The van der Waals surface area contributed by atoms with Crippen LogP contribution in [0.15, 0.2) is 41.9 Å². The number of likely N-dealkylation sites (N-methyl/N-ethyl adjacent to an activating group) is 1. The van der Waals surface area contributed by atoms with Gasteiger partial charge in [-0.1, -0.05) is 12.1 Å². The number of carbonyl (C=O) groups excluding carboxylic acids is 1. The Morgan fingerprint density at radius 3 is 2.74 bits per heavy atom. The minimum absolute atomic E-state index is 0.136. The standard InChI is InChI=1S/C20H19N5OS/c1-13-4-6-16(8-14(13)2)17-12-27-20(23-17)24-19(26)11-25(3)18-7-5-15(9-21)10-22-18/h4-8,10,12H,11H2,1-3H3,(H,23,24,26). The molecule has 1 N–H and O–H groups in total. The third-order valence-corrected chi connectivity index (χ3v) is 4.96. The molecule has 0 bridgehead atoms. The number of aryl methyl sites for hydroxylation is 2. The third kappa shape index (κ3) is 4.49. The fraction of sp³-hybridized carbons (Fsp3) is 0.200. The molecule has 1 amide bonds. The van der Waals surface area contributed by atoms with Crippen molar-refractivity contribution in [2.75, 3.05) is 23.8 Å². The molecule has 3 rings (SSSR count). The minimum Gasteiger partial charge on any atom is -0.350 e. The molecule has 0 aliphatic heterocycles. The van der Waals surface area contributed by atoms with Crippen molar-refractivity contribution in [2.24, 2.45) is 0 Å². The number of nitrogens with one attached hydrogen (secondary N) is 1. The smallest absolute Gasteiger partial charge is 0.245 e. The van der Waals surface area contributed by atoms with Gasteiger partial charge in [0.15, 0.2) is 5.13 Å². The number of carbonyl (C=O) groups is 1. The van der Waals surface area contributed by atoms with Crippen LogP contribution >= 0.6 is 11.3 Å². The molecule has 2 heterocycles. The quantitative estimate of drug-likeness (QED) is 0.732. The highest BCUT2D eigenvalue weighted by Gasteiger charge is 2.12. The van der Waals surface area contributed by atoms with Crippen LogP contribution < -0.4 is 10.2 Å². The molecule has 7 heteroatoms. The zero-order valence-corrected chi connectivity index (χ0v) is 16.2.